The Bertz CT molecular complexity index is 774. The second-order valence-corrected chi connectivity index (χ2v) is 6.59. The normalized spacial score (nSPS) is 15.6. The zero-order valence-corrected chi connectivity index (χ0v) is 13.1. The van der Waals surface area contributed by atoms with Crippen LogP contribution in [0.1, 0.15) is 6.92 Å². The summed E-state index contributed by atoms with van der Waals surface area (Å²) in [6.07, 6.45) is 0.511. The highest BCUT2D eigenvalue weighted by Crippen LogP contribution is 2.34. The van der Waals surface area contributed by atoms with Gasteiger partial charge in [0.25, 0.3) is 5.56 Å². The number of nitrogens with one attached hydrogen (secondary N) is 4. The van der Waals surface area contributed by atoms with Crippen LogP contribution in [0.4, 0.5) is 5.95 Å². The quantitative estimate of drug-likeness (QED) is 0.154. The third-order valence-electron chi connectivity index (χ3n) is 2.78. The maximum absolute atomic E-state index is 11.7. The lowest BCUT2D eigenvalue weighted by molar-refractivity contribution is 0.0811. The molecule has 0 aliphatic heterocycles. The van der Waals surface area contributed by atoms with Crippen LogP contribution in [-0.4, -0.2) is 36.9 Å². The number of ether oxygens (including phenoxy) is 1. The van der Waals surface area contributed by atoms with E-state index in [0.717, 1.165) is 0 Å². The van der Waals surface area contributed by atoms with Crippen molar-refractivity contribution in [2.45, 2.75) is 19.6 Å². The molecule has 0 radical (unpaired) electrons. The van der Waals surface area contributed by atoms with Crippen molar-refractivity contribution in [2.24, 2.45) is 5.84 Å². The van der Waals surface area contributed by atoms with Crippen LogP contribution in [0.2, 0.25) is 0 Å². The van der Waals surface area contributed by atoms with Gasteiger partial charge in [0, 0.05) is 0 Å². The van der Waals surface area contributed by atoms with Crippen LogP contribution in [0, 0.1) is 0 Å². The van der Waals surface area contributed by atoms with Crippen LogP contribution in [0.15, 0.2) is 11.1 Å². The number of aromatic amines is 1. The summed E-state index contributed by atoms with van der Waals surface area (Å²) in [5.41, 5.74) is 9.59. The van der Waals surface area contributed by atoms with E-state index in [1.54, 1.807) is 11.5 Å². The molecular weight excluding hydrogens is 329 g/mol. The van der Waals surface area contributed by atoms with E-state index in [-0.39, 0.29) is 18.0 Å². The van der Waals surface area contributed by atoms with Gasteiger partial charge in [-0.05, 0) is 6.92 Å². The van der Waals surface area contributed by atoms with E-state index in [4.69, 9.17) is 16.3 Å². The standard InChI is InChI=1S/C9H18N9O4P/c1-5(22-4-23(20,21)17-16-15-11)2-18-3-12-6-7(18)13-9(10)14-8(6)19/h3,5,15-16H,2,4,11H2,1H3,(H2,17,20,21)(H3,10,13,14,19)/t5-/m1/s1. The number of H-pyrrole nitrogens is 1. The second kappa shape index (κ2) is 7.14. The number of nitrogens with zero attached hydrogens (tertiary/aromatic N) is 3. The Morgan fingerprint density at radius 2 is 2.35 bits per heavy atom. The predicted octanol–water partition coefficient (Wildman–Crippen LogP) is -2.28. The zero-order chi connectivity index (χ0) is 17.0. The lowest BCUT2D eigenvalue weighted by atomic mass is 10.4. The van der Waals surface area contributed by atoms with E-state index in [0.29, 0.717) is 5.65 Å². The Kier molecular flexibility index (Phi) is 5.43. The molecule has 0 spiro atoms. The van der Waals surface area contributed by atoms with Crippen molar-refractivity contribution in [1.82, 2.24) is 35.8 Å². The van der Waals surface area contributed by atoms with Crippen LogP contribution < -0.4 is 33.4 Å². The molecule has 9 N–H and O–H groups in total. The Morgan fingerprint density at radius 3 is 3.04 bits per heavy atom. The van der Waals surface area contributed by atoms with Gasteiger partial charge in [-0.15, -0.1) is 0 Å². The van der Waals surface area contributed by atoms with Crippen molar-refractivity contribution < 1.29 is 14.2 Å². The first-order valence-corrected chi connectivity index (χ1v) is 8.29. The third-order valence-corrected chi connectivity index (χ3v) is 3.74. The average molecular weight is 347 g/mol. The highest BCUT2D eigenvalue weighted by Gasteiger charge is 2.20. The summed E-state index contributed by atoms with van der Waals surface area (Å²) in [7, 11) is -3.76. The minimum Gasteiger partial charge on any atom is -0.369 e. The second-order valence-electron chi connectivity index (χ2n) is 4.71. The summed E-state index contributed by atoms with van der Waals surface area (Å²) >= 11 is 0. The number of hydrogen-bond donors (Lipinski definition) is 7. The molecule has 1 unspecified atom stereocenters. The lowest BCUT2D eigenvalue weighted by Crippen LogP contribution is -2.46. The maximum Gasteiger partial charge on any atom is 0.306 e. The third kappa shape index (κ3) is 4.56. The van der Waals surface area contributed by atoms with Crippen molar-refractivity contribution in [3.8, 4) is 0 Å². The molecule has 23 heavy (non-hydrogen) atoms. The minimum absolute atomic E-state index is 0.0257. The summed E-state index contributed by atoms with van der Waals surface area (Å²) in [6.45, 7) is 1.95. The Morgan fingerprint density at radius 1 is 1.61 bits per heavy atom. The molecule has 2 rings (SSSR count). The van der Waals surface area contributed by atoms with Gasteiger partial charge in [-0.25, -0.2) is 4.98 Å². The Labute approximate surface area is 129 Å². The van der Waals surface area contributed by atoms with Crippen LogP contribution in [0.3, 0.4) is 0 Å². The molecule has 2 aromatic heterocycles. The molecule has 0 aliphatic carbocycles. The summed E-state index contributed by atoms with van der Waals surface area (Å²) in [5.74, 6) is 4.88. The number of hydrogen-bond acceptors (Lipinski definition) is 9. The highest BCUT2D eigenvalue weighted by atomic mass is 31.2. The Balaban J connectivity index is 2.02. The van der Waals surface area contributed by atoms with Gasteiger partial charge in [-0.1, -0.05) is 0 Å². The lowest BCUT2D eigenvalue weighted by Gasteiger charge is -2.18. The molecule has 0 fully saturated rings. The topological polar surface area (TPSA) is 198 Å². The summed E-state index contributed by atoms with van der Waals surface area (Å²) in [4.78, 5) is 31.5. The van der Waals surface area contributed by atoms with Crippen LogP contribution in [0.25, 0.3) is 11.2 Å². The number of nitrogen functional groups attached to an aromatic ring is 1. The first-order valence-electron chi connectivity index (χ1n) is 6.44. The number of imidazole rings is 1. The predicted molar refractivity (Wildman–Crippen MR) is 81.4 cm³/mol. The molecule has 0 bridgehead atoms. The van der Waals surface area contributed by atoms with Gasteiger partial charge in [-0.3, -0.25) is 20.2 Å². The molecule has 128 valence electrons. The first-order chi connectivity index (χ1) is 10.8. The molecule has 13 nitrogen and oxygen atoms in total. The van der Waals surface area contributed by atoms with Gasteiger partial charge < -0.3 is 19.9 Å². The molecule has 0 saturated heterocycles. The monoisotopic (exact) mass is 347 g/mol. The smallest absolute Gasteiger partial charge is 0.306 e. The largest absolute Gasteiger partial charge is 0.369 e. The molecule has 0 aliphatic rings. The fraction of sp³-hybridized carbons (Fsp3) is 0.444. The molecular formula is C9H18N9O4P. The van der Waals surface area contributed by atoms with E-state index in [1.807, 2.05) is 5.53 Å². The average Bonchev–Trinajstić information content (AvgIpc) is 2.86. The SMILES string of the molecule is C[C@H](Cn1cnc2c(=O)[nH]c(N)nc21)OCP(=O)(O)NNNN. The molecule has 0 saturated carbocycles. The molecule has 14 heteroatoms. The number of anilines is 1. The number of hydrazine groups is 3. The number of rotatable bonds is 8. The molecule has 0 aromatic carbocycles. The zero-order valence-electron chi connectivity index (χ0n) is 12.2. The van der Waals surface area contributed by atoms with E-state index >= 15 is 0 Å². The van der Waals surface area contributed by atoms with Crippen molar-refractivity contribution in [1.29, 1.82) is 0 Å². The van der Waals surface area contributed by atoms with Crippen molar-refractivity contribution >= 4 is 24.6 Å². The number of aromatic nitrogens is 4. The van der Waals surface area contributed by atoms with E-state index in [2.05, 4.69) is 25.7 Å². The van der Waals surface area contributed by atoms with Crippen molar-refractivity contribution in [3.05, 3.63) is 16.7 Å². The summed E-state index contributed by atoms with van der Waals surface area (Å²) in [5, 5.41) is 2.07. The molecule has 2 atom stereocenters. The van der Waals surface area contributed by atoms with E-state index in [1.165, 1.54) is 6.33 Å². The van der Waals surface area contributed by atoms with Gasteiger partial charge in [0.05, 0.1) is 19.0 Å². The molecule has 0 amide bonds. The van der Waals surface area contributed by atoms with Gasteiger partial charge in [-0.2, -0.15) is 21.2 Å². The van der Waals surface area contributed by atoms with Gasteiger partial charge in [0.1, 0.15) is 6.35 Å². The Hall–Kier alpha value is -1.86. The molecule has 2 heterocycles. The summed E-state index contributed by atoms with van der Waals surface area (Å²) < 4.78 is 18.5. The van der Waals surface area contributed by atoms with Gasteiger partial charge in [0.15, 0.2) is 11.2 Å². The first kappa shape index (κ1) is 17.5. The molecule has 2 aromatic rings. The van der Waals surface area contributed by atoms with Gasteiger partial charge >= 0.3 is 7.52 Å². The van der Waals surface area contributed by atoms with Crippen molar-refractivity contribution in [2.75, 3.05) is 12.1 Å². The van der Waals surface area contributed by atoms with E-state index in [9.17, 15) is 14.3 Å². The number of nitrogens with two attached hydrogens (primary N) is 2. The van der Waals surface area contributed by atoms with Gasteiger partial charge in [0.2, 0.25) is 5.95 Å². The maximum atomic E-state index is 11.7. The summed E-state index contributed by atoms with van der Waals surface area (Å²) in [6, 6.07) is 0. The van der Waals surface area contributed by atoms with Crippen LogP contribution >= 0.6 is 7.52 Å². The minimum atomic E-state index is -3.76. The highest BCUT2D eigenvalue weighted by molar-refractivity contribution is 7.55. The fourth-order valence-electron chi connectivity index (χ4n) is 1.81. The fourth-order valence-corrected chi connectivity index (χ4v) is 2.57. The van der Waals surface area contributed by atoms with E-state index < -0.39 is 25.5 Å². The number of fused-ring (bicyclic) bond motifs is 1. The van der Waals surface area contributed by atoms with Crippen LogP contribution in [-0.2, 0) is 15.8 Å². The van der Waals surface area contributed by atoms with Crippen molar-refractivity contribution in [3.63, 3.8) is 0 Å². The van der Waals surface area contributed by atoms with Crippen LogP contribution in [0.5, 0.6) is 0 Å².